The minimum Gasteiger partial charge on any atom is -0.550 e. The Morgan fingerprint density at radius 2 is 2.12 bits per heavy atom. The highest BCUT2D eigenvalue weighted by Crippen LogP contribution is 2.55. The molecular formula is C19H18NO4-. The van der Waals surface area contributed by atoms with Crippen molar-refractivity contribution in [1.82, 2.24) is 4.90 Å². The number of hydrogen-bond acceptors (Lipinski definition) is 4. The summed E-state index contributed by atoms with van der Waals surface area (Å²) >= 11 is 0. The van der Waals surface area contributed by atoms with Gasteiger partial charge < -0.3 is 19.5 Å². The van der Waals surface area contributed by atoms with Gasteiger partial charge in [-0.05, 0) is 12.0 Å². The second kappa shape index (κ2) is 5.31. The third-order valence-corrected chi connectivity index (χ3v) is 5.39. The minimum atomic E-state index is -1.22. The van der Waals surface area contributed by atoms with E-state index < -0.39 is 29.5 Å². The standard InChI is InChI=1S/C19H19NO4/c1-2-6-14-19-10-9-13(24-19)15(18(22)23)16(19)17(21)20(14)11-12-7-4-3-5-8-12/h2-5,7-10,13-16H,1,6,11H2,(H,22,23)/p-1/t13-,14-,15-,16+,19-/m1/s1. The quantitative estimate of drug-likeness (QED) is 0.746. The highest BCUT2D eigenvalue weighted by atomic mass is 16.5. The Labute approximate surface area is 140 Å². The van der Waals surface area contributed by atoms with Crippen LogP contribution in [0.1, 0.15) is 12.0 Å². The lowest BCUT2D eigenvalue weighted by molar-refractivity contribution is -0.313. The number of carbonyl (C=O) groups excluding carboxylic acids is 2. The Hall–Kier alpha value is -2.40. The molecule has 2 bridgehead atoms. The molecule has 124 valence electrons. The number of hydrogen-bond donors (Lipinski definition) is 0. The van der Waals surface area contributed by atoms with E-state index in [0.717, 1.165) is 5.56 Å². The van der Waals surface area contributed by atoms with Crippen molar-refractivity contribution in [2.75, 3.05) is 0 Å². The molecule has 0 aromatic heterocycles. The first-order valence-corrected chi connectivity index (χ1v) is 8.12. The molecule has 1 aromatic rings. The number of aliphatic carboxylic acids is 1. The maximum atomic E-state index is 13.1. The third-order valence-electron chi connectivity index (χ3n) is 5.39. The van der Waals surface area contributed by atoms with Crippen molar-refractivity contribution < 1.29 is 19.4 Å². The van der Waals surface area contributed by atoms with Crippen molar-refractivity contribution in [2.24, 2.45) is 11.8 Å². The average Bonchev–Trinajstić information content (AvgIpc) is 3.20. The molecule has 2 fully saturated rings. The lowest BCUT2D eigenvalue weighted by Gasteiger charge is -2.32. The second-order valence-corrected chi connectivity index (χ2v) is 6.61. The van der Waals surface area contributed by atoms with Gasteiger partial charge in [0.2, 0.25) is 5.91 Å². The van der Waals surface area contributed by atoms with Crippen molar-refractivity contribution >= 4 is 11.9 Å². The summed E-state index contributed by atoms with van der Waals surface area (Å²) in [5, 5.41) is 11.6. The summed E-state index contributed by atoms with van der Waals surface area (Å²) in [6, 6.07) is 9.41. The predicted molar refractivity (Wildman–Crippen MR) is 84.3 cm³/mol. The van der Waals surface area contributed by atoms with Gasteiger partial charge in [-0.3, -0.25) is 4.79 Å². The van der Waals surface area contributed by atoms with Gasteiger partial charge in [0.1, 0.15) is 5.60 Å². The van der Waals surface area contributed by atoms with E-state index in [4.69, 9.17) is 4.74 Å². The van der Waals surface area contributed by atoms with Crippen LogP contribution in [0.2, 0.25) is 0 Å². The number of amides is 1. The van der Waals surface area contributed by atoms with E-state index in [0.29, 0.717) is 13.0 Å². The van der Waals surface area contributed by atoms with E-state index in [1.807, 2.05) is 36.4 Å². The third kappa shape index (κ3) is 1.91. The molecule has 3 aliphatic rings. The van der Waals surface area contributed by atoms with Crippen LogP contribution < -0.4 is 5.11 Å². The van der Waals surface area contributed by atoms with E-state index in [9.17, 15) is 14.7 Å². The molecule has 2 saturated heterocycles. The molecule has 0 N–H and O–H groups in total. The topological polar surface area (TPSA) is 69.7 Å². The van der Waals surface area contributed by atoms with Crippen molar-refractivity contribution in [3.05, 3.63) is 60.7 Å². The zero-order chi connectivity index (χ0) is 16.9. The summed E-state index contributed by atoms with van der Waals surface area (Å²) in [5.74, 6) is -3.03. The first-order chi connectivity index (χ1) is 11.6. The zero-order valence-corrected chi connectivity index (χ0v) is 13.1. The highest BCUT2D eigenvalue weighted by Gasteiger charge is 2.69. The van der Waals surface area contributed by atoms with E-state index in [1.54, 1.807) is 17.1 Å². The number of ether oxygens (including phenoxy) is 1. The number of carboxylic acid groups (broad SMARTS) is 1. The summed E-state index contributed by atoms with van der Waals surface area (Å²) in [4.78, 5) is 26.4. The van der Waals surface area contributed by atoms with Gasteiger partial charge in [-0.15, -0.1) is 6.58 Å². The van der Waals surface area contributed by atoms with Gasteiger partial charge in [-0.2, -0.15) is 0 Å². The number of rotatable bonds is 5. The Bertz CT molecular complexity index is 728. The monoisotopic (exact) mass is 324 g/mol. The summed E-state index contributed by atoms with van der Waals surface area (Å²) < 4.78 is 6.02. The molecular weight excluding hydrogens is 306 g/mol. The van der Waals surface area contributed by atoms with Crippen LogP contribution in [-0.4, -0.2) is 34.5 Å². The molecule has 0 aliphatic carbocycles. The predicted octanol–water partition coefficient (Wildman–Crippen LogP) is 0.663. The Morgan fingerprint density at radius 3 is 2.79 bits per heavy atom. The molecule has 1 spiro atoms. The second-order valence-electron chi connectivity index (χ2n) is 6.61. The van der Waals surface area contributed by atoms with E-state index in [-0.39, 0.29) is 11.9 Å². The van der Waals surface area contributed by atoms with Crippen LogP contribution in [0.4, 0.5) is 0 Å². The largest absolute Gasteiger partial charge is 0.550 e. The smallest absolute Gasteiger partial charge is 0.230 e. The van der Waals surface area contributed by atoms with Crippen molar-refractivity contribution in [3.63, 3.8) is 0 Å². The van der Waals surface area contributed by atoms with Crippen LogP contribution in [0.3, 0.4) is 0 Å². The van der Waals surface area contributed by atoms with Crippen LogP contribution >= 0.6 is 0 Å². The van der Waals surface area contributed by atoms with Crippen LogP contribution in [0.15, 0.2) is 55.1 Å². The fraction of sp³-hybridized carbons (Fsp3) is 0.368. The van der Waals surface area contributed by atoms with Gasteiger partial charge in [0.05, 0.1) is 18.1 Å². The molecule has 24 heavy (non-hydrogen) atoms. The van der Waals surface area contributed by atoms with Crippen LogP contribution in [0, 0.1) is 11.8 Å². The molecule has 1 amide bonds. The lowest BCUT2D eigenvalue weighted by atomic mass is 9.74. The fourth-order valence-corrected chi connectivity index (χ4v) is 4.43. The molecule has 1 aromatic carbocycles. The Balaban J connectivity index is 1.73. The number of nitrogens with zero attached hydrogens (tertiary/aromatic N) is 1. The van der Waals surface area contributed by atoms with Crippen molar-refractivity contribution in [1.29, 1.82) is 0 Å². The molecule has 5 heteroatoms. The van der Waals surface area contributed by atoms with Gasteiger partial charge >= 0.3 is 0 Å². The summed E-state index contributed by atoms with van der Waals surface area (Å²) in [6.07, 6.45) is 5.36. The van der Waals surface area contributed by atoms with Gasteiger partial charge in [0.25, 0.3) is 0 Å². The molecule has 5 nitrogen and oxygen atoms in total. The fourth-order valence-electron chi connectivity index (χ4n) is 4.43. The molecule has 5 atom stereocenters. The van der Waals surface area contributed by atoms with Gasteiger partial charge in [0, 0.05) is 18.4 Å². The number of carboxylic acids is 1. The van der Waals surface area contributed by atoms with Crippen LogP contribution in [0.5, 0.6) is 0 Å². The summed E-state index contributed by atoms with van der Waals surface area (Å²) in [6.45, 7) is 4.22. The number of likely N-dealkylation sites (tertiary alicyclic amines) is 1. The molecule has 0 saturated carbocycles. The maximum Gasteiger partial charge on any atom is 0.230 e. The minimum absolute atomic E-state index is 0.174. The lowest BCUT2D eigenvalue weighted by Crippen LogP contribution is -2.46. The van der Waals surface area contributed by atoms with Crippen molar-refractivity contribution in [2.45, 2.75) is 30.7 Å². The summed E-state index contributed by atoms with van der Waals surface area (Å²) in [5.41, 5.74) is 0.120. The summed E-state index contributed by atoms with van der Waals surface area (Å²) in [7, 11) is 0. The van der Waals surface area contributed by atoms with E-state index in [1.165, 1.54) is 0 Å². The average molecular weight is 324 g/mol. The highest BCUT2D eigenvalue weighted by molar-refractivity contribution is 5.91. The Morgan fingerprint density at radius 1 is 1.38 bits per heavy atom. The first-order valence-electron chi connectivity index (χ1n) is 8.12. The van der Waals surface area contributed by atoms with Crippen LogP contribution in [0.25, 0.3) is 0 Å². The molecule has 0 radical (unpaired) electrons. The number of benzene rings is 1. The Kier molecular flexibility index (Phi) is 3.35. The van der Waals surface area contributed by atoms with Crippen LogP contribution in [-0.2, 0) is 20.9 Å². The van der Waals surface area contributed by atoms with Crippen molar-refractivity contribution in [3.8, 4) is 0 Å². The molecule has 3 aliphatic heterocycles. The molecule has 4 rings (SSSR count). The zero-order valence-electron chi connectivity index (χ0n) is 13.1. The van der Waals surface area contributed by atoms with Gasteiger partial charge in [-0.1, -0.05) is 48.6 Å². The number of carbonyl (C=O) groups is 2. The first kappa shape index (κ1) is 15.1. The number of fused-ring (bicyclic) bond motifs is 1. The maximum absolute atomic E-state index is 13.1. The van der Waals surface area contributed by atoms with Gasteiger partial charge in [0.15, 0.2) is 0 Å². The van der Waals surface area contributed by atoms with E-state index >= 15 is 0 Å². The van der Waals surface area contributed by atoms with E-state index in [2.05, 4.69) is 6.58 Å². The van der Waals surface area contributed by atoms with Gasteiger partial charge in [-0.25, -0.2) is 0 Å². The SMILES string of the molecule is C=CC[C@H]1N(Cc2ccccc2)C(=O)[C@@H]2[C@H](C(=O)[O-])[C@H]3C=C[C@]21O3. The molecule has 0 unspecified atom stereocenters. The molecule has 3 heterocycles. The normalized spacial score (nSPS) is 36.2.